The maximum atomic E-state index is 12.3. The van der Waals surface area contributed by atoms with Crippen LogP contribution in [0, 0.1) is 11.8 Å². The second-order valence-corrected chi connectivity index (χ2v) is 6.98. The van der Waals surface area contributed by atoms with Crippen LogP contribution in [0.1, 0.15) is 57.8 Å². The van der Waals surface area contributed by atoms with Gasteiger partial charge in [0.25, 0.3) is 0 Å². The summed E-state index contributed by atoms with van der Waals surface area (Å²) in [7, 11) is 0. The zero-order valence-electron chi connectivity index (χ0n) is 12.5. The largest absolute Gasteiger partial charge is 0.481 e. The molecule has 2 saturated carbocycles. The van der Waals surface area contributed by atoms with Gasteiger partial charge >= 0.3 is 5.97 Å². The molecule has 118 valence electrons. The molecule has 5 heteroatoms. The lowest BCUT2D eigenvalue weighted by atomic mass is 9.88. The molecule has 0 radical (unpaired) electrons. The Balaban J connectivity index is 1.52. The van der Waals surface area contributed by atoms with Gasteiger partial charge in [0.1, 0.15) is 0 Å². The molecule has 1 saturated heterocycles. The maximum Gasteiger partial charge on any atom is 0.306 e. The van der Waals surface area contributed by atoms with Crippen LogP contribution >= 0.6 is 0 Å². The van der Waals surface area contributed by atoms with E-state index in [0.29, 0.717) is 19.3 Å². The Labute approximate surface area is 125 Å². The molecule has 0 aromatic rings. The normalized spacial score (nSPS) is 35.0. The zero-order valence-corrected chi connectivity index (χ0v) is 12.5. The summed E-state index contributed by atoms with van der Waals surface area (Å²) < 4.78 is 5.98. The molecule has 5 nitrogen and oxygen atoms in total. The summed E-state index contributed by atoms with van der Waals surface area (Å²) >= 11 is 0. The predicted molar refractivity (Wildman–Crippen MR) is 76.8 cm³/mol. The monoisotopic (exact) mass is 295 g/mol. The van der Waals surface area contributed by atoms with Crippen LogP contribution in [0.5, 0.6) is 0 Å². The number of carboxylic acid groups (broad SMARTS) is 1. The minimum Gasteiger partial charge on any atom is -0.481 e. The summed E-state index contributed by atoms with van der Waals surface area (Å²) in [5, 5.41) is 12.2. The average Bonchev–Trinajstić information content (AvgIpc) is 3.08. The number of carbonyl (C=O) groups is 2. The third-order valence-corrected chi connectivity index (χ3v) is 5.51. The highest BCUT2D eigenvalue weighted by atomic mass is 16.5. The van der Waals surface area contributed by atoms with Gasteiger partial charge in [-0.25, -0.2) is 0 Å². The molecule has 0 aromatic carbocycles. The number of aliphatic carboxylic acids is 1. The summed E-state index contributed by atoms with van der Waals surface area (Å²) in [5.41, 5.74) is 0.00940. The van der Waals surface area contributed by atoms with Crippen molar-refractivity contribution in [3.05, 3.63) is 0 Å². The van der Waals surface area contributed by atoms with Crippen molar-refractivity contribution < 1.29 is 19.4 Å². The molecule has 3 aliphatic rings. The lowest BCUT2D eigenvalue weighted by Crippen LogP contribution is -2.48. The summed E-state index contributed by atoms with van der Waals surface area (Å²) in [6.07, 6.45) is 8.31. The SMILES string of the molecule is O=C(O)[C@@H]1CC[C@H](C(=O)NC2CCOC3(CCCC3)C2)C1. The minimum atomic E-state index is -0.763. The highest BCUT2D eigenvalue weighted by Crippen LogP contribution is 2.40. The Morgan fingerprint density at radius 2 is 1.81 bits per heavy atom. The van der Waals surface area contributed by atoms with Crippen molar-refractivity contribution in [3.63, 3.8) is 0 Å². The lowest BCUT2D eigenvalue weighted by Gasteiger charge is -2.38. The second kappa shape index (κ2) is 5.95. The topological polar surface area (TPSA) is 75.6 Å². The maximum absolute atomic E-state index is 12.3. The van der Waals surface area contributed by atoms with E-state index in [1.54, 1.807) is 0 Å². The van der Waals surface area contributed by atoms with Gasteiger partial charge in [-0.2, -0.15) is 0 Å². The summed E-state index contributed by atoms with van der Waals surface area (Å²) in [5.74, 6) is -1.16. The summed E-state index contributed by atoms with van der Waals surface area (Å²) in [4.78, 5) is 23.3. The molecular formula is C16H25NO4. The van der Waals surface area contributed by atoms with Crippen molar-refractivity contribution in [2.45, 2.75) is 69.4 Å². The smallest absolute Gasteiger partial charge is 0.306 e. The number of carboxylic acids is 1. The average molecular weight is 295 g/mol. The molecule has 1 aliphatic heterocycles. The number of ether oxygens (including phenoxy) is 1. The molecule has 3 atom stereocenters. The molecule has 2 N–H and O–H groups in total. The predicted octanol–water partition coefficient (Wildman–Crippen LogP) is 2.10. The first-order chi connectivity index (χ1) is 10.1. The number of nitrogens with one attached hydrogen (secondary N) is 1. The van der Waals surface area contributed by atoms with Gasteiger partial charge in [0.2, 0.25) is 5.91 Å². The van der Waals surface area contributed by atoms with Crippen LogP contribution in [0.25, 0.3) is 0 Å². The quantitative estimate of drug-likeness (QED) is 0.836. The number of hydrogen-bond acceptors (Lipinski definition) is 3. The fourth-order valence-electron chi connectivity index (χ4n) is 4.28. The van der Waals surface area contributed by atoms with Gasteiger partial charge in [-0.15, -0.1) is 0 Å². The van der Waals surface area contributed by atoms with Crippen LogP contribution in [-0.4, -0.2) is 35.2 Å². The van der Waals surface area contributed by atoms with E-state index < -0.39 is 5.97 Å². The van der Waals surface area contributed by atoms with Gasteiger partial charge in [0.05, 0.1) is 11.5 Å². The molecular weight excluding hydrogens is 270 g/mol. The molecule has 1 heterocycles. The molecule has 0 aromatic heterocycles. The van der Waals surface area contributed by atoms with Crippen molar-refractivity contribution in [2.75, 3.05) is 6.61 Å². The number of carbonyl (C=O) groups excluding carboxylic acids is 1. The number of rotatable bonds is 3. The fourth-order valence-corrected chi connectivity index (χ4v) is 4.28. The lowest BCUT2D eigenvalue weighted by molar-refractivity contribution is -0.141. The molecule has 1 amide bonds. The van der Waals surface area contributed by atoms with E-state index in [1.165, 1.54) is 12.8 Å². The Morgan fingerprint density at radius 1 is 1.10 bits per heavy atom. The Bertz CT molecular complexity index is 417. The molecule has 1 spiro atoms. The highest BCUT2D eigenvalue weighted by Gasteiger charge is 2.41. The molecule has 3 rings (SSSR count). The Morgan fingerprint density at radius 3 is 2.48 bits per heavy atom. The van der Waals surface area contributed by atoms with Gasteiger partial charge in [-0.3, -0.25) is 9.59 Å². The first kappa shape index (κ1) is 14.8. The van der Waals surface area contributed by atoms with Crippen LogP contribution in [0.4, 0.5) is 0 Å². The highest BCUT2D eigenvalue weighted by molar-refractivity contribution is 5.81. The summed E-state index contributed by atoms with van der Waals surface area (Å²) in [6, 6.07) is 0.202. The number of hydrogen-bond donors (Lipinski definition) is 2. The van der Waals surface area contributed by atoms with E-state index in [9.17, 15) is 9.59 Å². The van der Waals surface area contributed by atoms with Crippen molar-refractivity contribution in [1.29, 1.82) is 0 Å². The minimum absolute atomic E-state index is 0.00940. The van der Waals surface area contributed by atoms with Crippen LogP contribution in [0.3, 0.4) is 0 Å². The first-order valence-electron chi connectivity index (χ1n) is 8.25. The van der Waals surface area contributed by atoms with Crippen molar-refractivity contribution in [3.8, 4) is 0 Å². The Hall–Kier alpha value is -1.10. The van der Waals surface area contributed by atoms with Crippen molar-refractivity contribution in [2.24, 2.45) is 11.8 Å². The molecule has 3 fully saturated rings. The van der Waals surface area contributed by atoms with Crippen molar-refractivity contribution >= 4 is 11.9 Å². The summed E-state index contributed by atoms with van der Waals surface area (Å²) in [6.45, 7) is 0.730. The van der Waals surface area contributed by atoms with E-state index in [2.05, 4.69) is 5.32 Å². The third kappa shape index (κ3) is 3.23. The van der Waals surface area contributed by atoms with E-state index in [-0.39, 0.29) is 29.4 Å². The van der Waals surface area contributed by atoms with Crippen LogP contribution in [0.15, 0.2) is 0 Å². The van der Waals surface area contributed by atoms with E-state index in [0.717, 1.165) is 32.3 Å². The van der Waals surface area contributed by atoms with Gasteiger partial charge in [0, 0.05) is 18.6 Å². The molecule has 21 heavy (non-hydrogen) atoms. The van der Waals surface area contributed by atoms with Gasteiger partial charge < -0.3 is 15.2 Å². The van der Waals surface area contributed by atoms with E-state index >= 15 is 0 Å². The Kier molecular flexibility index (Phi) is 4.20. The van der Waals surface area contributed by atoms with Gasteiger partial charge in [-0.05, 0) is 44.9 Å². The van der Waals surface area contributed by atoms with Gasteiger partial charge in [-0.1, -0.05) is 12.8 Å². The fraction of sp³-hybridized carbons (Fsp3) is 0.875. The van der Waals surface area contributed by atoms with E-state index in [1.807, 2.05) is 0 Å². The second-order valence-electron chi connectivity index (χ2n) is 6.98. The van der Waals surface area contributed by atoms with Crippen LogP contribution in [0.2, 0.25) is 0 Å². The zero-order chi connectivity index (χ0) is 14.9. The standard InChI is InChI=1S/C16H25NO4/c18-14(11-3-4-12(9-11)15(19)20)17-13-5-8-21-16(10-13)6-1-2-7-16/h11-13H,1-10H2,(H,17,18)(H,19,20)/t11-,12+,13?/m0/s1. The van der Waals surface area contributed by atoms with Crippen LogP contribution in [-0.2, 0) is 14.3 Å². The van der Waals surface area contributed by atoms with Crippen molar-refractivity contribution in [1.82, 2.24) is 5.32 Å². The van der Waals surface area contributed by atoms with E-state index in [4.69, 9.17) is 9.84 Å². The van der Waals surface area contributed by atoms with Gasteiger partial charge in [0.15, 0.2) is 0 Å². The third-order valence-electron chi connectivity index (χ3n) is 5.51. The van der Waals surface area contributed by atoms with Crippen LogP contribution < -0.4 is 5.32 Å². The molecule has 1 unspecified atom stereocenters. The number of amides is 1. The molecule has 0 bridgehead atoms. The first-order valence-corrected chi connectivity index (χ1v) is 8.25. The molecule has 2 aliphatic carbocycles.